The number of rotatable bonds is 2. The summed E-state index contributed by atoms with van der Waals surface area (Å²) >= 11 is 6.06. The third-order valence-electron chi connectivity index (χ3n) is 3.43. The van der Waals surface area contributed by atoms with Crippen molar-refractivity contribution in [2.75, 3.05) is 13.1 Å². The molecule has 98 valence electrons. The van der Waals surface area contributed by atoms with Gasteiger partial charge < -0.3 is 4.90 Å². The summed E-state index contributed by atoms with van der Waals surface area (Å²) in [7, 11) is 0. The first-order valence-electron chi connectivity index (χ1n) is 6.12. The Hall–Kier alpha value is -1.16. The second kappa shape index (κ2) is 5.65. The number of carbonyl (C=O) groups excluding carboxylic acids is 1. The zero-order valence-electron chi connectivity index (χ0n) is 10.3. The Balaban J connectivity index is 1.99. The third kappa shape index (κ3) is 2.99. The molecule has 0 bridgehead atoms. The van der Waals surface area contributed by atoms with Gasteiger partial charge in [-0.15, -0.1) is 11.6 Å². The minimum absolute atomic E-state index is 0.137. The van der Waals surface area contributed by atoms with Crippen LogP contribution in [0.1, 0.15) is 30.1 Å². The molecule has 1 aliphatic rings. The molecule has 1 aliphatic heterocycles. The van der Waals surface area contributed by atoms with Crippen molar-refractivity contribution in [3.05, 3.63) is 29.8 Å². The molecule has 0 N–H and O–H groups in total. The van der Waals surface area contributed by atoms with Gasteiger partial charge in [0.1, 0.15) is 5.82 Å². The van der Waals surface area contributed by atoms with Gasteiger partial charge in [0.05, 0.1) is 11.8 Å². The molecule has 0 aliphatic carbocycles. The maximum absolute atomic E-state index is 13.0. The van der Waals surface area contributed by atoms with Gasteiger partial charge in [0.15, 0.2) is 0 Å². The lowest BCUT2D eigenvalue weighted by molar-refractivity contribution is 0.0689. The molecule has 18 heavy (non-hydrogen) atoms. The van der Waals surface area contributed by atoms with Crippen molar-refractivity contribution in [3.8, 4) is 0 Å². The lowest BCUT2D eigenvalue weighted by atomic mass is 9.93. The lowest BCUT2D eigenvalue weighted by Gasteiger charge is -2.33. The summed E-state index contributed by atoms with van der Waals surface area (Å²) in [6.07, 6.45) is 4.30. The molecule has 0 aromatic carbocycles. The maximum atomic E-state index is 13.0. The van der Waals surface area contributed by atoms with Gasteiger partial charge >= 0.3 is 0 Å². The van der Waals surface area contributed by atoms with E-state index in [4.69, 9.17) is 11.6 Å². The number of amides is 1. The summed E-state index contributed by atoms with van der Waals surface area (Å²) in [4.78, 5) is 17.6. The van der Waals surface area contributed by atoms with Crippen LogP contribution in [0.15, 0.2) is 18.5 Å². The van der Waals surface area contributed by atoms with E-state index in [0.717, 1.165) is 19.0 Å². The van der Waals surface area contributed by atoms with Crippen LogP contribution in [-0.2, 0) is 0 Å². The predicted molar refractivity (Wildman–Crippen MR) is 68.1 cm³/mol. The van der Waals surface area contributed by atoms with Crippen LogP contribution in [0.25, 0.3) is 0 Å². The molecule has 1 amide bonds. The number of alkyl halides is 1. The molecule has 0 spiro atoms. The van der Waals surface area contributed by atoms with Crippen LogP contribution >= 0.6 is 11.6 Å². The Kier molecular flexibility index (Phi) is 4.17. The van der Waals surface area contributed by atoms with Gasteiger partial charge in [-0.1, -0.05) is 0 Å². The Morgan fingerprint density at radius 2 is 2.17 bits per heavy atom. The van der Waals surface area contributed by atoms with Crippen LogP contribution in [0.4, 0.5) is 4.39 Å². The van der Waals surface area contributed by atoms with E-state index in [1.165, 1.54) is 12.3 Å². The van der Waals surface area contributed by atoms with Crippen LogP contribution in [0.5, 0.6) is 0 Å². The molecule has 1 fully saturated rings. The summed E-state index contributed by atoms with van der Waals surface area (Å²) < 4.78 is 13.0. The number of piperidine rings is 1. The minimum Gasteiger partial charge on any atom is -0.339 e. The van der Waals surface area contributed by atoms with Crippen molar-refractivity contribution in [2.24, 2.45) is 5.92 Å². The second-order valence-corrected chi connectivity index (χ2v) is 5.39. The molecule has 1 atom stereocenters. The zero-order chi connectivity index (χ0) is 13.1. The summed E-state index contributed by atoms with van der Waals surface area (Å²) in [5, 5.41) is 0.137. The quantitative estimate of drug-likeness (QED) is 0.774. The highest BCUT2D eigenvalue weighted by Gasteiger charge is 2.26. The number of carbonyl (C=O) groups is 1. The van der Waals surface area contributed by atoms with Crippen molar-refractivity contribution in [1.29, 1.82) is 0 Å². The van der Waals surface area contributed by atoms with Crippen LogP contribution in [0.2, 0.25) is 0 Å². The number of hydrogen-bond acceptors (Lipinski definition) is 2. The average molecular weight is 271 g/mol. The molecule has 1 aromatic rings. The van der Waals surface area contributed by atoms with Gasteiger partial charge in [0, 0.05) is 24.7 Å². The van der Waals surface area contributed by atoms with Crippen LogP contribution < -0.4 is 0 Å². The smallest absolute Gasteiger partial charge is 0.255 e. The monoisotopic (exact) mass is 270 g/mol. The van der Waals surface area contributed by atoms with Crippen molar-refractivity contribution in [1.82, 2.24) is 9.88 Å². The topological polar surface area (TPSA) is 33.2 Å². The van der Waals surface area contributed by atoms with E-state index < -0.39 is 5.82 Å². The van der Waals surface area contributed by atoms with Crippen molar-refractivity contribution in [2.45, 2.75) is 25.1 Å². The normalized spacial score (nSPS) is 18.7. The molecule has 0 saturated carbocycles. The van der Waals surface area contributed by atoms with Crippen molar-refractivity contribution >= 4 is 17.5 Å². The molecule has 1 saturated heterocycles. The lowest BCUT2D eigenvalue weighted by Crippen LogP contribution is -2.40. The third-order valence-corrected chi connectivity index (χ3v) is 3.78. The van der Waals surface area contributed by atoms with E-state index in [-0.39, 0.29) is 11.3 Å². The highest BCUT2D eigenvalue weighted by Crippen LogP contribution is 2.24. The van der Waals surface area contributed by atoms with Crippen molar-refractivity contribution in [3.63, 3.8) is 0 Å². The summed E-state index contributed by atoms with van der Waals surface area (Å²) in [6, 6.07) is 1.23. The number of aromatic nitrogens is 1. The van der Waals surface area contributed by atoms with Crippen molar-refractivity contribution < 1.29 is 9.18 Å². The van der Waals surface area contributed by atoms with Gasteiger partial charge in [0.2, 0.25) is 0 Å². The number of likely N-dealkylation sites (tertiary alicyclic amines) is 1. The van der Waals surface area contributed by atoms with Gasteiger partial charge in [-0.25, -0.2) is 4.39 Å². The van der Waals surface area contributed by atoms with Gasteiger partial charge in [-0.2, -0.15) is 0 Å². The average Bonchev–Trinajstić information content (AvgIpc) is 2.38. The molecular formula is C13H16ClFN2O. The molecule has 2 rings (SSSR count). The standard InChI is InChI=1S/C13H16ClFN2O/c1-9(14)10-2-4-17(5-3-10)13(18)11-6-12(15)8-16-7-11/h6-10H,2-5H2,1H3. The Morgan fingerprint density at radius 1 is 1.50 bits per heavy atom. The van der Waals surface area contributed by atoms with E-state index in [0.29, 0.717) is 24.6 Å². The summed E-state index contributed by atoms with van der Waals surface area (Å²) in [5.74, 6) is -0.172. The molecule has 1 unspecified atom stereocenters. The first-order valence-corrected chi connectivity index (χ1v) is 6.55. The minimum atomic E-state index is -0.481. The molecule has 5 heteroatoms. The molecule has 1 aromatic heterocycles. The second-order valence-electron chi connectivity index (χ2n) is 4.70. The van der Waals surface area contributed by atoms with Crippen LogP contribution in [-0.4, -0.2) is 34.3 Å². The number of halogens is 2. The molecule has 3 nitrogen and oxygen atoms in total. The molecule has 0 radical (unpaired) electrons. The fourth-order valence-corrected chi connectivity index (χ4v) is 2.53. The van der Waals surface area contributed by atoms with E-state index >= 15 is 0 Å². The Labute approximate surface area is 111 Å². The number of hydrogen-bond donors (Lipinski definition) is 0. The summed E-state index contributed by atoms with van der Waals surface area (Å²) in [5.41, 5.74) is 0.312. The largest absolute Gasteiger partial charge is 0.339 e. The fraction of sp³-hybridized carbons (Fsp3) is 0.538. The van der Waals surface area contributed by atoms with Gasteiger partial charge in [-0.05, 0) is 31.7 Å². The van der Waals surface area contributed by atoms with E-state index in [1.54, 1.807) is 4.90 Å². The van der Waals surface area contributed by atoms with Crippen LogP contribution in [0.3, 0.4) is 0 Å². The Bertz CT molecular complexity index is 431. The molecular weight excluding hydrogens is 255 g/mol. The highest BCUT2D eigenvalue weighted by molar-refractivity contribution is 6.20. The van der Waals surface area contributed by atoms with Gasteiger partial charge in [0.25, 0.3) is 5.91 Å². The number of pyridine rings is 1. The summed E-state index contributed by atoms with van der Waals surface area (Å²) in [6.45, 7) is 3.34. The zero-order valence-corrected chi connectivity index (χ0v) is 11.0. The Morgan fingerprint density at radius 3 is 2.72 bits per heavy atom. The van der Waals surface area contributed by atoms with Gasteiger partial charge in [-0.3, -0.25) is 9.78 Å². The highest BCUT2D eigenvalue weighted by atomic mass is 35.5. The SMILES string of the molecule is CC(Cl)C1CCN(C(=O)c2cncc(F)c2)CC1. The maximum Gasteiger partial charge on any atom is 0.255 e. The van der Waals surface area contributed by atoms with Crippen LogP contribution in [0, 0.1) is 11.7 Å². The number of nitrogens with zero attached hydrogens (tertiary/aromatic N) is 2. The van der Waals surface area contributed by atoms with E-state index in [1.807, 2.05) is 6.92 Å². The molecule has 2 heterocycles. The van der Waals surface area contributed by atoms with E-state index in [9.17, 15) is 9.18 Å². The van der Waals surface area contributed by atoms with E-state index in [2.05, 4.69) is 4.98 Å². The first-order chi connectivity index (χ1) is 8.58. The first kappa shape index (κ1) is 13.3. The predicted octanol–water partition coefficient (Wildman–Crippen LogP) is 2.70. The fourth-order valence-electron chi connectivity index (χ4n) is 2.27.